The Morgan fingerprint density at radius 2 is 1.50 bits per heavy atom. The van der Waals surface area contributed by atoms with Crippen LogP contribution in [0, 0.1) is 5.41 Å². The second kappa shape index (κ2) is 11.2. The highest BCUT2D eigenvalue weighted by Gasteiger charge is 2.13. The third kappa shape index (κ3) is 13.3. The monoisotopic (exact) mass is 338 g/mol. The van der Waals surface area contributed by atoms with E-state index >= 15 is 0 Å². The normalized spacial score (nSPS) is 10.3. The summed E-state index contributed by atoms with van der Waals surface area (Å²) < 4.78 is 5.03. The molecule has 0 spiro atoms. The van der Waals surface area contributed by atoms with Gasteiger partial charge < -0.3 is 14.9 Å². The largest absolute Gasteiger partial charge is 0.481 e. The molecule has 0 aromatic heterocycles. The predicted molar refractivity (Wildman–Crippen MR) is 89.9 cm³/mol. The molecule has 1 rings (SSSR count). The van der Waals surface area contributed by atoms with Crippen LogP contribution >= 0.6 is 0 Å². The van der Waals surface area contributed by atoms with Gasteiger partial charge in [0.2, 0.25) is 0 Å². The van der Waals surface area contributed by atoms with E-state index in [2.05, 4.69) is 0 Å². The number of ether oxygens (including phenoxy) is 1. The highest BCUT2D eigenvalue weighted by molar-refractivity contribution is 5.87. The van der Waals surface area contributed by atoms with Crippen LogP contribution in [0.5, 0.6) is 0 Å². The van der Waals surface area contributed by atoms with E-state index in [4.69, 9.17) is 14.9 Å². The summed E-state index contributed by atoms with van der Waals surface area (Å²) in [5, 5.41) is 16.8. The van der Waals surface area contributed by atoms with Crippen LogP contribution in [0.1, 0.15) is 56.8 Å². The molecule has 2 N–H and O–H groups in total. The summed E-state index contributed by atoms with van der Waals surface area (Å²) in [5.74, 6) is -1.94. The second-order valence-corrected chi connectivity index (χ2v) is 6.49. The first kappa shape index (κ1) is 21.6. The molecule has 0 unspecified atom stereocenters. The highest BCUT2D eigenvalue weighted by atomic mass is 16.5. The molecule has 0 saturated carbocycles. The van der Waals surface area contributed by atoms with E-state index in [-0.39, 0.29) is 17.8 Å². The van der Waals surface area contributed by atoms with Crippen molar-refractivity contribution in [3.8, 4) is 0 Å². The van der Waals surface area contributed by atoms with E-state index in [1.54, 1.807) is 30.3 Å². The van der Waals surface area contributed by atoms with Gasteiger partial charge in [-0.2, -0.15) is 0 Å². The first-order valence-corrected chi connectivity index (χ1v) is 7.77. The number of carboxylic acid groups (broad SMARTS) is 2. The van der Waals surface area contributed by atoms with Crippen LogP contribution in [0.3, 0.4) is 0 Å². The molecule has 24 heavy (non-hydrogen) atoms. The van der Waals surface area contributed by atoms with E-state index < -0.39 is 11.9 Å². The van der Waals surface area contributed by atoms with E-state index in [9.17, 15) is 14.4 Å². The molecule has 0 aliphatic rings. The summed E-state index contributed by atoms with van der Waals surface area (Å²) in [6, 6.07) is 8.30. The lowest BCUT2D eigenvalue weighted by Crippen LogP contribution is -2.18. The van der Waals surface area contributed by atoms with Crippen molar-refractivity contribution in [1.82, 2.24) is 0 Å². The summed E-state index contributed by atoms with van der Waals surface area (Å²) >= 11 is 0. The Labute approximate surface area is 142 Å². The fourth-order valence-electron chi connectivity index (χ4n) is 1.50. The average molecular weight is 338 g/mol. The van der Waals surface area contributed by atoms with Gasteiger partial charge in [0.1, 0.15) is 0 Å². The maximum absolute atomic E-state index is 11.2. The van der Waals surface area contributed by atoms with Gasteiger partial charge in [0.25, 0.3) is 0 Å². The smallest absolute Gasteiger partial charge is 0.335 e. The van der Waals surface area contributed by atoms with Gasteiger partial charge in [0.05, 0.1) is 12.2 Å². The fraction of sp³-hybridized carbons (Fsp3) is 0.500. The van der Waals surface area contributed by atoms with Gasteiger partial charge in [0.15, 0.2) is 0 Å². The van der Waals surface area contributed by atoms with Crippen molar-refractivity contribution in [3.05, 3.63) is 35.9 Å². The standard InChI is InChI=1S/C11H20O4.C7H6O2/c1-11(2,3)8-15-10(14)7-5-4-6-9(12)13;8-7(9)6-4-2-1-3-5-6/h4-8H2,1-3H3,(H,12,13);1-5H,(H,8,9). The van der Waals surface area contributed by atoms with Crippen molar-refractivity contribution in [2.24, 2.45) is 5.41 Å². The van der Waals surface area contributed by atoms with E-state index in [1.807, 2.05) is 20.8 Å². The van der Waals surface area contributed by atoms with Crippen molar-refractivity contribution >= 4 is 17.9 Å². The number of aliphatic carboxylic acids is 1. The number of carboxylic acids is 2. The van der Waals surface area contributed by atoms with Crippen LogP contribution < -0.4 is 0 Å². The maximum Gasteiger partial charge on any atom is 0.335 e. The lowest BCUT2D eigenvalue weighted by molar-refractivity contribution is -0.147. The van der Waals surface area contributed by atoms with Crippen LogP contribution in [0.25, 0.3) is 0 Å². The quantitative estimate of drug-likeness (QED) is 0.582. The first-order chi connectivity index (χ1) is 11.1. The molecule has 0 bridgehead atoms. The molecular weight excluding hydrogens is 312 g/mol. The number of unbranched alkanes of at least 4 members (excludes halogenated alkanes) is 1. The third-order valence-corrected chi connectivity index (χ3v) is 2.71. The van der Waals surface area contributed by atoms with Crippen molar-refractivity contribution in [1.29, 1.82) is 0 Å². The molecule has 1 aromatic carbocycles. The molecule has 6 nitrogen and oxygen atoms in total. The molecule has 134 valence electrons. The Balaban J connectivity index is 0.000000496. The Kier molecular flexibility index (Phi) is 10.1. The molecule has 0 heterocycles. The summed E-state index contributed by atoms with van der Waals surface area (Å²) in [6.07, 6.45) is 1.53. The van der Waals surface area contributed by atoms with Crippen molar-refractivity contribution in [2.45, 2.75) is 46.5 Å². The molecule has 0 radical (unpaired) electrons. The Morgan fingerprint density at radius 3 is 1.92 bits per heavy atom. The maximum atomic E-state index is 11.2. The first-order valence-electron chi connectivity index (χ1n) is 7.77. The van der Waals surface area contributed by atoms with Crippen LogP contribution in [-0.4, -0.2) is 34.7 Å². The predicted octanol–water partition coefficient (Wildman–Crippen LogP) is 3.61. The zero-order chi connectivity index (χ0) is 18.6. The fourth-order valence-corrected chi connectivity index (χ4v) is 1.50. The lowest BCUT2D eigenvalue weighted by atomic mass is 9.99. The van der Waals surface area contributed by atoms with Gasteiger partial charge in [-0.15, -0.1) is 0 Å². The molecule has 0 fully saturated rings. The Bertz CT molecular complexity index is 516. The minimum Gasteiger partial charge on any atom is -0.481 e. The van der Waals surface area contributed by atoms with E-state index in [1.165, 1.54) is 0 Å². The number of aromatic carboxylic acids is 1. The van der Waals surface area contributed by atoms with E-state index in [0.29, 0.717) is 31.4 Å². The highest BCUT2D eigenvalue weighted by Crippen LogP contribution is 2.13. The SMILES string of the molecule is CC(C)(C)COC(=O)CCCCC(=O)O.O=C(O)c1ccccc1. The second-order valence-electron chi connectivity index (χ2n) is 6.49. The molecule has 0 aliphatic carbocycles. The van der Waals surface area contributed by atoms with Crippen LogP contribution in [-0.2, 0) is 14.3 Å². The molecule has 1 aromatic rings. The Hall–Kier alpha value is -2.37. The number of benzene rings is 1. The van der Waals surface area contributed by atoms with Crippen molar-refractivity contribution in [2.75, 3.05) is 6.61 Å². The number of carbonyl (C=O) groups excluding carboxylic acids is 1. The van der Waals surface area contributed by atoms with Crippen molar-refractivity contribution < 1.29 is 29.3 Å². The van der Waals surface area contributed by atoms with Gasteiger partial charge in [-0.1, -0.05) is 39.0 Å². The number of hydrogen-bond donors (Lipinski definition) is 2. The van der Waals surface area contributed by atoms with Crippen LogP contribution in [0.2, 0.25) is 0 Å². The molecule has 0 amide bonds. The molecular formula is C18H26O6. The summed E-state index contributed by atoms with van der Waals surface area (Å²) in [4.78, 5) is 31.6. The van der Waals surface area contributed by atoms with Gasteiger partial charge >= 0.3 is 17.9 Å². The Morgan fingerprint density at radius 1 is 0.958 bits per heavy atom. The zero-order valence-corrected chi connectivity index (χ0v) is 14.4. The van der Waals surface area contributed by atoms with Gasteiger partial charge in [0, 0.05) is 12.8 Å². The average Bonchev–Trinajstić information content (AvgIpc) is 2.50. The number of carbonyl (C=O) groups is 3. The molecule has 0 atom stereocenters. The topological polar surface area (TPSA) is 101 Å². The minimum absolute atomic E-state index is 0.0171. The summed E-state index contributed by atoms with van der Waals surface area (Å²) in [5.41, 5.74) is 0.314. The zero-order valence-electron chi connectivity index (χ0n) is 14.4. The summed E-state index contributed by atoms with van der Waals surface area (Å²) in [6.45, 7) is 6.38. The molecule has 0 aliphatic heterocycles. The van der Waals surface area contributed by atoms with Gasteiger partial charge in [-0.25, -0.2) is 4.79 Å². The minimum atomic E-state index is -0.879. The van der Waals surface area contributed by atoms with Crippen LogP contribution in [0.4, 0.5) is 0 Å². The summed E-state index contributed by atoms with van der Waals surface area (Å²) in [7, 11) is 0. The van der Waals surface area contributed by atoms with Gasteiger partial charge in [-0.05, 0) is 30.4 Å². The third-order valence-electron chi connectivity index (χ3n) is 2.71. The lowest BCUT2D eigenvalue weighted by Gasteiger charge is -2.17. The van der Waals surface area contributed by atoms with Crippen molar-refractivity contribution in [3.63, 3.8) is 0 Å². The number of rotatable bonds is 7. The van der Waals surface area contributed by atoms with Gasteiger partial charge in [-0.3, -0.25) is 9.59 Å². The van der Waals surface area contributed by atoms with Crippen LogP contribution in [0.15, 0.2) is 30.3 Å². The number of esters is 1. The van der Waals surface area contributed by atoms with E-state index in [0.717, 1.165) is 0 Å². The number of hydrogen-bond acceptors (Lipinski definition) is 4. The molecule has 0 saturated heterocycles. The molecule has 6 heteroatoms.